The Kier molecular flexibility index (Phi) is 5.56. The van der Waals surface area contributed by atoms with Crippen LogP contribution in [0.2, 0.25) is 0 Å². The number of aliphatic hydroxyl groups is 1. The molecule has 0 heterocycles. The van der Waals surface area contributed by atoms with Gasteiger partial charge in [-0.05, 0) is 50.8 Å². The molecule has 0 aliphatic rings. The molecular weight excluding hydrogens is 233 g/mol. The van der Waals surface area contributed by atoms with Crippen LogP contribution >= 0.6 is 0 Å². The summed E-state index contributed by atoms with van der Waals surface area (Å²) < 4.78 is 18.7. The van der Waals surface area contributed by atoms with Crippen molar-refractivity contribution in [1.82, 2.24) is 0 Å². The van der Waals surface area contributed by atoms with Crippen LogP contribution in [-0.4, -0.2) is 23.9 Å². The normalized spacial score (nSPS) is 14.3. The summed E-state index contributed by atoms with van der Waals surface area (Å²) in [4.78, 5) is 0. The van der Waals surface area contributed by atoms with E-state index in [1.54, 1.807) is 12.1 Å². The van der Waals surface area contributed by atoms with Gasteiger partial charge in [0, 0.05) is 5.54 Å². The van der Waals surface area contributed by atoms with Crippen LogP contribution in [0.4, 0.5) is 4.39 Å². The van der Waals surface area contributed by atoms with E-state index in [2.05, 4.69) is 0 Å². The van der Waals surface area contributed by atoms with Gasteiger partial charge in [0.05, 0.1) is 13.2 Å². The first-order valence-corrected chi connectivity index (χ1v) is 6.23. The summed E-state index contributed by atoms with van der Waals surface area (Å²) in [7, 11) is 0. The highest BCUT2D eigenvalue weighted by Crippen LogP contribution is 2.19. The Morgan fingerprint density at radius 1 is 1.39 bits per heavy atom. The van der Waals surface area contributed by atoms with Gasteiger partial charge >= 0.3 is 0 Å². The number of unbranched alkanes of at least 4 members (excludes halogenated alkanes) is 1. The summed E-state index contributed by atoms with van der Waals surface area (Å²) in [5.74, 6) is -0.0349. The van der Waals surface area contributed by atoms with E-state index in [9.17, 15) is 4.39 Å². The molecule has 1 rings (SSSR count). The van der Waals surface area contributed by atoms with Crippen LogP contribution in [0.25, 0.3) is 0 Å². The molecule has 1 aromatic carbocycles. The zero-order valence-electron chi connectivity index (χ0n) is 11.1. The van der Waals surface area contributed by atoms with Crippen LogP contribution in [0, 0.1) is 12.7 Å². The predicted molar refractivity (Wildman–Crippen MR) is 70.2 cm³/mol. The Morgan fingerprint density at radius 2 is 2.11 bits per heavy atom. The summed E-state index contributed by atoms with van der Waals surface area (Å²) in [6, 6.07) is 4.81. The maximum atomic E-state index is 13.3. The van der Waals surface area contributed by atoms with E-state index < -0.39 is 5.54 Å². The lowest BCUT2D eigenvalue weighted by atomic mass is 9.97. The zero-order valence-corrected chi connectivity index (χ0v) is 11.1. The molecule has 0 radical (unpaired) electrons. The van der Waals surface area contributed by atoms with E-state index in [1.165, 1.54) is 6.07 Å². The minimum Gasteiger partial charge on any atom is -0.491 e. The smallest absolute Gasteiger partial charge is 0.165 e. The Morgan fingerprint density at radius 3 is 2.78 bits per heavy atom. The Balaban J connectivity index is 2.28. The number of hydrogen-bond donors (Lipinski definition) is 2. The molecule has 0 aliphatic carbocycles. The van der Waals surface area contributed by atoms with E-state index in [0.29, 0.717) is 12.4 Å². The molecule has 0 aromatic heterocycles. The number of rotatable bonds is 7. The second-order valence-corrected chi connectivity index (χ2v) is 5.05. The van der Waals surface area contributed by atoms with Crippen LogP contribution in [0.5, 0.6) is 5.75 Å². The number of benzene rings is 1. The van der Waals surface area contributed by atoms with Crippen LogP contribution < -0.4 is 10.5 Å². The number of halogens is 1. The van der Waals surface area contributed by atoms with Crippen molar-refractivity contribution in [2.75, 3.05) is 13.2 Å². The zero-order chi connectivity index (χ0) is 13.6. The first-order chi connectivity index (χ1) is 8.44. The lowest BCUT2D eigenvalue weighted by Crippen LogP contribution is -2.39. The van der Waals surface area contributed by atoms with Gasteiger partial charge in [-0.2, -0.15) is 0 Å². The number of aliphatic hydroxyl groups excluding tert-OH is 1. The second-order valence-electron chi connectivity index (χ2n) is 5.05. The van der Waals surface area contributed by atoms with Crippen molar-refractivity contribution in [2.45, 2.75) is 38.6 Å². The fourth-order valence-electron chi connectivity index (χ4n) is 1.61. The molecule has 3 nitrogen and oxygen atoms in total. The van der Waals surface area contributed by atoms with Crippen LogP contribution in [0.1, 0.15) is 31.7 Å². The van der Waals surface area contributed by atoms with E-state index in [4.69, 9.17) is 15.6 Å². The molecule has 4 heteroatoms. The minimum atomic E-state index is -0.533. The van der Waals surface area contributed by atoms with E-state index in [-0.39, 0.29) is 12.4 Å². The predicted octanol–water partition coefficient (Wildman–Crippen LogP) is 2.39. The molecular formula is C14H22FNO2. The third-order valence-electron chi connectivity index (χ3n) is 2.85. The van der Waals surface area contributed by atoms with Gasteiger partial charge in [0.25, 0.3) is 0 Å². The first kappa shape index (κ1) is 14.9. The fourth-order valence-corrected chi connectivity index (χ4v) is 1.61. The second kappa shape index (κ2) is 6.71. The SMILES string of the molecule is Cc1ccc(F)c(OCCCCC(C)(N)CO)c1. The summed E-state index contributed by atoms with van der Waals surface area (Å²) >= 11 is 0. The van der Waals surface area contributed by atoms with Gasteiger partial charge in [-0.25, -0.2) is 4.39 Å². The first-order valence-electron chi connectivity index (χ1n) is 6.23. The molecule has 0 aliphatic heterocycles. The van der Waals surface area contributed by atoms with Gasteiger partial charge in [0.1, 0.15) is 0 Å². The summed E-state index contributed by atoms with van der Waals surface area (Å²) in [5, 5.41) is 8.99. The molecule has 1 unspecified atom stereocenters. The lowest BCUT2D eigenvalue weighted by molar-refractivity contribution is 0.193. The molecule has 0 fully saturated rings. The highest BCUT2D eigenvalue weighted by Gasteiger charge is 2.15. The highest BCUT2D eigenvalue weighted by molar-refractivity contribution is 5.29. The number of hydrogen-bond acceptors (Lipinski definition) is 3. The van der Waals surface area contributed by atoms with Gasteiger partial charge in [-0.1, -0.05) is 6.07 Å². The largest absolute Gasteiger partial charge is 0.491 e. The van der Waals surface area contributed by atoms with Gasteiger partial charge < -0.3 is 15.6 Å². The number of aryl methyl sites for hydroxylation is 1. The monoisotopic (exact) mass is 255 g/mol. The van der Waals surface area contributed by atoms with Gasteiger partial charge in [-0.15, -0.1) is 0 Å². The number of nitrogens with two attached hydrogens (primary N) is 1. The quantitative estimate of drug-likeness (QED) is 0.736. The van der Waals surface area contributed by atoms with Crippen molar-refractivity contribution in [1.29, 1.82) is 0 Å². The fraction of sp³-hybridized carbons (Fsp3) is 0.571. The summed E-state index contributed by atoms with van der Waals surface area (Å²) in [6.07, 6.45) is 2.37. The van der Waals surface area contributed by atoms with Crippen LogP contribution in [0.15, 0.2) is 18.2 Å². The van der Waals surface area contributed by atoms with Crippen molar-refractivity contribution in [3.05, 3.63) is 29.6 Å². The van der Waals surface area contributed by atoms with Crippen LogP contribution in [0.3, 0.4) is 0 Å². The summed E-state index contributed by atoms with van der Waals surface area (Å²) in [5.41, 5.74) is 6.24. The average molecular weight is 255 g/mol. The average Bonchev–Trinajstić information content (AvgIpc) is 2.33. The molecule has 18 heavy (non-hydrogen) atoms. The topological polar surface area (TPSA) is 55.5 Å². The standard InChI is InChI=1S/C14H22FNO2/c1-11-5-6-12(15)13(9-11)18-8-4-3-7-14(2,16)10-17/h5-6,9,17H,3-4,7-8,10,16H2,1-2H3. The molecule has 3 N–H and O–H groups in total. The van der Waals surface area contributed by atoms with Gasteiger partial charge in [0.15, 0.2) is 11.6 Å². The number of ether oxygens (including phenoxy) is 1. The van der Waals surface area contributed by atoms with E-state index in [0.717, 1.165) is 24.8 Å². The molecule has 0 saturated heterocycles. The lowest BCUT2D eigenvalue weighted by Gasteiger charge is -2.21. The van der Waals surface area contributed by atoms with E-state index >= 15 is 0 Å². The molecule has 0 bridgehead atoms. The van der Waals surface area contributed by atoms with E-state index in [1.807, 2.05) is 13.8 Å². The molecule has 0 spiro atoms. The van der Waals surface area contributed by atoms with Crippen molar-refractivity contribution in [3.63, 3.8) is 0 Å². The van der Waals surface area contributed by atoms with Crippen molar-refractivity contribution >= 4 is 0 Å². The third kappa shape index (κ3) is 5.02. The minimum absolute atomic E-state index is 0.0274. The molecule has 1 atom stereocenters. The summed E-state index contributed by atoms with van der Waals surface area (Å²) in [6.45, 7) is 4.14. The molecule has 1 aromatic rings. The maximum absolute atomic E-state index is 13.3. The van der Waals surface area contributed by atoms with Crippen molar-refractivity contribution in [3.8, 4) is 5.75 Å². The van der Waals surface area contributed by atoms with Crippen molar-refractivity contribution < 1.29 is 14.2 Å². The maximum Gasteiger partial charge on any atom is 0.165 e. The van der Waals surface area contributed by atoms with Gasteiger partial charge in [-0.3, -0.25) is 0 Å². The Bertz CT molecular complexity index is 380. The van der Waals surface area contributed by atoms with Crippen molar-refractivity contribution in [2.24, 2.45) is 5.73 Å². The van der Waals surface area contributed by atoms with Crippen LogP contribution in [-0.2, 0) is 0 Å². The molecule has 102 valence electrons. The Hall–Kier alpha value is -1.13. The Labute approximate surface area is 108 Å². The third-order valence-corrected chi connectivity index (χ3v) is 2.85. The molecule has 0 saturated carbocycles. The molecule has 0 amide bonds. The highest BCUT2D eigenvalue weighted by atomic mass is 19.1. The van der Waals surface area contributed by atoms with Gasteiger partial charge in [0.2, 0.25) is 0 Å².